The fraction of sp³-hybridized carbons (Fsp3) is 0.222. The second kappa shape index (κ2) is 11.3. The van der Waals surface area contributed by atoms with Gasteiger partial charge >= 0.3 is 0 Å². The van der Waals surface area contributed by atoms with Crippen molar-refractivity contribution in [1.82, 2.24) is 4.98 Å². The van der Waals surface area contributed by atoms with E-state index in [1.807, 2.05) is 30.3 Å². The lowest BCUT2D eigenvalue weighted by Gasteiger charge is -2.10. The summed E-state index contributed by atoms with van der Waals surface area (Å²) in [5, 5.41) is 9.28. The molecule has 166 valence electrons. The van der Waals surface area contributed by atoms with Crippen molar-refractivity contribution in [3.05, 3.63) is 90.7 Å². The molecule has 0 aliphatic carbocycles. The lowest BCUT2D eigenvalue weighted by Crippen LogP contribution is -1.99. The largest absolute Gasteiger partial charge is 0.486 e. The first kappa shape index (κ1) is 23.4. The number of ether oxygens (including phenoxy) is 1. The topological polar surface area (TPSA) is 42.4 Å². The quantitative estimate of drug-likeness (QED) is 0.281. The summed E-state index contributed by atoms with van der Waals surface area (Å²) in [5.41, 5.74) is 3.41. The van der Waals surface area contributed by atoms with Crippen LogP contribution in [0.5, 0.6) is 5.75 Å². The normalized spacial score (nSPS) is 12.1. The van der Waals surface area contributed by atoms with Crippen LogP contribution in [-0.2, 0) is 0 Å². The third-order valence-electron chi connectivity index (χ3n) is 4.98. The highest BCUT2D eigenvalue weighted by molar-refractivity contribution is 5.70. The monoisotopic (exact) mass is 435 g/mol. The molecule has 0 aliphatic rings. The number of allylic oxidation sites excluding steroid dienone is 1. The number of nitrogens with zero attached hydrogens (tertiary/aromatic N) is 1. The maximum Gasteiger partial charge on any atom is 0.201 e. The Balaban J connectivity index is 1.69. The Morgan fingerprint density at radius 1 is 1.03 bits per heavy atom. The van der Waals surface area contributed by atoms with Gasteiger partial charge < -0.3 is 9.84 Å². The van der Waals surface area contributed by atoms with Gasteiger partial charge in [-0.3, -0.25) is 4.98 Å². The van der Waals surface area contributed by atoms with Crippen LogP contribution >= 0.6 is 0 Å². The number of aliphatic hydroxyl groups is 1. The van der Waals surface area contributed by atoms with Gasteiger partial charge in [0.05, 0.1) is 11.8 Å². The first-order valence-electron chi connectivity index (χ1n) is 10.6. The number of rotatable bonds is 10. The Hall–Kier alpha value is -3.31. The van der Waals surface area contributed by atoms with E-state index < -0.39 is 11.6 Å². The average molecular weight is 436 g/mol. The Labute approximate surface area is 187 Å². The molecule has 5 heteroatoms. The predicted molar refractivity (Wildman–Crippen MR) is 125 cm³/mol. The van der Waals surface area contributed by atoms with Crippen molar-refractivity contribution in [3.8, 4) is 28.1 Å². The van der Waals surface area contributed by atoms with Gasteiger partial charge in [0.2, 0.25) is 5.82 Å². The van der Waals surface area contributed by atoms with Crippen LogP contribution in [0, 0.1) is 11.6 Å². The minimum absolute atomic E-state index is 0.106. The Kier molecular flexibility index (Phi) is 8.28. The van der Waals surface area contributed by atoms with Crippen molar-refractivity contribution >= 4 is 6.08 Å². The molecule has 3 nitrogen and oxygen atoms in total. The third kappa shape index (κ3) is 6.11. The molecule has 1 N–H and O–H groups in total. The molecule has 0 spiro atoms. The van der Waals surface area contributed by atoms with Crippen molar-refractivity contribution in [1.29, 1.82) is 0 Å². The molecule has 32 heavy (non-hydrogen) atoms. The molecule has 1 unspecified atom stereocenters. The number of benzene rings is 2. The minimum atomic E-state index is -1.01. The molecule has 0 saturated heterocycles. The third-order valence-corrected chi connectivity index (χ3v) is 4.98. The fourth-order valence-electron chi connectivity index (χ4n) is 3.26. The van der Waals surface area contributed by atoms with Gasteiger partial charge in [0.1, 0.15) is 6.61 Å². The van der Waals surface area contributed by atoms with Crippen molar-refractivity contribution in [2.45, 2.75) is 32.3 Å². The lowest BCUT2D eigenvalue weighted by atomic mass is 10.0. The van der Waals surface area contributed by atoms with E-state index in [1.165, 1.54) is 18.2 Å². The molecule has 3 aromatic rings. The average Bonchev–Trinajstić information content (AvgIpc) is 2.80. The van der Waals surface area contributed by atoms with E-state index in [9.17, 15) is 13.9 Å². The lowest BCUT2D eigenvalue weighted by molar-refractivity contribution is 0.182. The van der Waals surface area contributed by atoms with Gasteiger partial charge in [0.15, 0.2) is 11.6 Å². The molecule has 0 amide bonds. The van der Waals surface area contributed by atoms with E-state index >= 15 is 0 Å². The summed E-state index contributed by atoms with van der Waals surface area (Å²) in [4.78, 5) is 4.50. The number of aliphatic hydroxyl groups excluding tert-OH is 1. The number of hydrogen-bond acceptors (Lipinski definition) is 3. The maximum absolute atomic E-state index is 14.5. The maximum atomic E-state index is 14.5. The van der Waals surface area contributed by atoms with Crippen LogP contribution in [0.4, 0.5) is 8.78 Å². The summed E-state index contributed by atoms with van der Waals surface area (Å²) in [6, 6.07) is 14.0. The summed E-state index contributed by atoms with van der Waals surface area (Å²) in [7, 11) is 0. The van der Waals surface area contributed by atoms with Crippen LogP contribution < -0.4 is 4.74 Å². The van der Waals surface area contributed by atoms with E-state index in [0.29, 0.717) is 5.56 Å². The first-order valence-corrected chi connectivity index (χ1v) is 10.6. The van der Waals surface area contributed by atoms with Gasteiger partial charge in [-0.25, -0.2) is 4.39 Å². The first-order chi connectivity index (χ1) is 15.5. The van der Waals surface area contributed by atoms with Crippen LogP contribution in [0.25, 0.3) is 28.5 Å². The molecule has 0 bridgehead atoms. The molecule has 0 radical (unpaired) electrons. The smallest absolute Gasteiger partial charge is 0.201 e. The number of halogens is 2. The molecular weight excluding hydrogens is 408 g/mol. The number of pyridine rings is 1. The Bertz CT molecular complexity index is 1060. The molecule has 0 saturated carbocycles. The van der Waals surface area contributed by atoms with E-state index in [4.69, 9.17) is 4.74 Å². The zero-order chi connectivity index (χ0) is 22.9. The molecule has 2 aromatic carbocycles. The Morgan fingerprint density at radius 2 is 1.78 bits per heavy atom. The molecule has 1 heterocycles. The minimum Gasteiger partial charge on any atom is -0.486 e. The van der Waals surface area contributed by atoms with Crippen LogP contribution in [-0.4, -0.2) is 22.8 Å². The van der Waals surface area contributed by atoms with Gasteiger partial charge in [0.25, 0.3) is 0 Å². The van der Waals surface area contributed by atoms with Crippen LogP contribution in [0.15, 0.2) is 73.5 Å². The molecule has 0 fully saturated rings. The second-order valence-electron chi connectivity index (χ2n) is 7.58. The van der Waals surface area contributed by atoms with E-state index in [1.54, 1.807) is 25.3 Å². The summed E-state index contributed by atoms with van der Waals surface area (Å²) in [6.45, 7) is 5.40. The van der Waals surface area contributed by atoms with Crippen molar-refractivity contribution in [2.24, 2.45) is 0 Å². The van der Waals surface area contributed by atoms with Crippen molar-refractivity contribution in [2.75, 3.05) is 6.61 Å². The van der Waals surface area contributed by atoms with Crippen molar-refractivity contribution < 1.29 is 18.6 Å². The van der Waals surface area contributed by atoms with Gasteiger partial charge in [-0.05, 0) is 55.5 Å². The molecular formula is C27H27F2NO2. The number of aromatic nitrogens is 1. The van der Waals surface area contributed by atoms with Gasteiger partial charge in [0, 0.05) is 17.3 Å². The van der Waals surface area contributed by atoms with Gasteiger partial charge in [-0.15, -0.1) is 0 Å². The molecule has 3 rings (SSSR count). The zero-order valence-corrected chi connectivity index (χ0v) is 18.1. The highest BCUT2D eigenvalue weighted by Crippen LogP contribution is 2.31. The van der Waals surface area contributed by atoms with E-state index in [2.05, 4.69) is 17.6 Å². The summed E-state index contributed by atoms with van der Waals surface area (Å²) in [5.74, 6) is -2.09. The molecule has 0 aliphatic heterocycles. The number of hydrogen-bond donors (Lipinski definition) is 1. The van der Waals surface area contributed by atoms with E-state index in [0.717, 1.165) is 36.1 Å². The van der Waals surface area contributed by atoms with Gasteiger partial charge in [-0.2, -0.15) is 4.39 Å². The van der Waals surface area contributed by atoms with Crippen molar-refractivity contribution in [3.63, 3.8) is 0 Å². The van der Waals surface area contributed by atoms with Gasteiger partial charge in [-0.1, -0.05) is 55.1 Å². The predicted octanol–water partition coefficient (Wildman–Crippen LogP) is 6.82. The molecule has 1 aromatic heterocycles. The zero-order valence-electron chi connectivity index (χ0n) is 18.1. The SMILES string of the molecule is C=CCOc1ccc(-c2ccc(-c3ccc(/C=C/CCCC(C)O)cn3)cc2)c(F)c1F. The highest BCUT2D eigenvalue weighted by atomic mass is 19.2. The van der Waals surface area contributed by atoms with Crippen LogP contribution in [0.3, 0.4) is 0 Å². The fourth-order valence-corrected chi connectivity index (χ4v) is 3.26. The summed E-state index contributed by atoms with van der Waals surface area (Å²) in [6.07, 6.45) is 9.75. The van der Waals surface area contributed by atoms with Crippen LogP contribution in [0.1, 0.15) is 31.7 Å². The highest BCUT2D eigenvalue weighted by Gasteiger charge is 2.15. The van der Waals surface area contributed by atoms with Crippen LogP contribution in [0.2, 0.25) is 0 Å². The van der Waals surface area contributed by atoms with E-state index in [-0.39, 0.29) is 24.0 Å². The standard InChI is InChI=1S/C27H27F2NO2/c1-3-17-32-25-16-14-23(26(28)27(25)29)21-10-12-22(13-11-21)24-15-9-20(18-30-24)8-6-4-5-7-19(2)31/h3,6,8-16,18-19,31H,1,4-5,7,17H2,2H3/b8-6+. The molecule has 1 atom stereocenters. The second-order valence-corrected chi connectivity index (χ2v) is 7.58. The number of unbranched alkanes of at least 4 members (excludes halogenated alkanes) is 1. The Morgan fingerprint density at radius 3 is 2.44 bits per heavy atom. The summed E-state index contributed by atoms with van der Waals surface area (Å²) >= 11 is 0. The summed E-state index contributed by atoms with van der Waals surface area (Å²) < 4.78 is 33.9.